The Morgan fingerprint density at radius 1 is 1.10 bits per heavy atom. The van der Waals surface area contributed by atoms with Gasteiger partial charge in [0.15, 0.2) is 5.79 Å². The van der Waals surface area contributed by atoms with Crippen LogP contribution < -0.4 is 0 Å². The Kier molecular flexibility index (Phi) is 6.48. The summed E-state index contributed by atoms with van der Waals surface area (Å²) in [5.74, 6) is -5.44. The zero-order valence-corrected chi connectivity index (χ0v) is 25.6. The van der Waals surface area contributed by atoms with Gasteiger partial charge in [-0.1, -0.05) is 27.7 Å². The fraction of sp³-hybridized carbons (Fsp3) is 0.969. The number of aliphatic hydroxyl groups is 6. The second-order valence-electron chi connectivity index (χ2n) is 16.0. The summed E-state index contributed by atoms with van der Waals surface area (Å²) in [5, 5.41) is 72.1. The van der Waals surface area contributed by atoms with Gasteiger partial charge in [-0.05, 0) is 69.6 Å². The van der Waals surface area contributed by atoms with E-state index in [1.54, 1.807) is 13.8 Å². The van der Waals surface area contributed by atoms with E-state index in [9.17, 15) is 35.4 Å². The number of hydrogen-bond acceptors (Lipinski definition) is 10. The molecule has 4 bridgehead atoms. The molecule has 0 unspecified atom stereocenters. The van der Waals surface area contributed by atoms with Crippen molar-refractivity contribution in [3.63, 3.8) is 0 Å². The molecule has 10 heteroatoms. The molecular weight excluding hydrogens is 542 g/mol. The molecule has 0 aromatic heterocycles. The minimum atomic E-state index is -1.90. The quantitative estimate of drug-likeness (QED) is 0.258. The molecule has 6 N–H and O–H groups in total. The van der Waals surface area contributed by atoms with E-state index in [1.165, 1.54) is 0 Å². The summed E-state index contributed by atoms with van der Waals surface area (Å²) in [6, 6.07) is -0.176. The van der Waals surface area contributed by atoms with Gasteiger partial charge in [-0.2, -0.15) is 0 Å². The first-order valence-electron chi connectivity index (χ1n) is 16.4. The highest BCUT2D eigenvalue weighted by atomic mass is 16.7. The summed E-state index contributed by atoms with van der Waals surface area (Å²) >= 11 is 0. The Balaban J connectivity index is 1.38. The van der Waals surface area contributed by atoms with Gasteiger partial charge in [-0.3, -0.25) is 9.69 Å². The second-order valence-corrected chi connectivity index (χ2v) is 16.0. The molecule has 7 fully saturated rings. The lowest BCUT2D eigenvalue weighted by Crippen LogP contribution is -2.77. The van der Waals surface area contributed by atoms with Crippen molar-refractivity contribution < 1.29 is 44.9 Å². The van der Waals surface area contributed by atoms with Crippen LogP contribution in [0.15, 0.2) is 0 Å². The summed E-state index contributed by atoms with van der Waals surface area (Å²) in [7, 11) is 0. The number of nitrogens with zero attached hydrogens (tertiary/aromatic N) is 1. The van der Waals surface area contributed by atoms with Crippen LogP contribution in [0.25, 0.3) is 0 Å². The Bertz CT molecular complexity index is 1140. The molecule has 238 valence electrons. The molecule has 4 saturated carbocycles. The van der Waals surface area contributed by atoms with Crippen LogP contribution in [0, 0.1) is 46.8 Å². The third kappa shape index (κ3) is 3.36. The van der Waals surface area contributed by atoms with E-state index in [0.29, 0.717) is 31.7 Å². The Labute approximate surface area is 248 Å². The van der Waals surface area contributed by atoms with Gasteiger partial charge in [0.25, 0.3) is 0 Å². The first-order valence-corrected chi connectivity index (χ1v) is 16.4. The van der Waals surface area contributed by atoms with E-state index >= 15 is 0 Å². The minimum absolute atomic E-state index is 0.118. The van der Waals surface area contributed by atoms with Crippen molar-refractivity contribution in [2.75, 3.05) is 13.1 Å². The molecule has 7 aliphatic rings. The molecular formula is C32H51NO9. The lowest BCUT2D eigenvalue weighted by atomic mass is 9.49. The Morgan fingerprint density at radius 2 is 1.81 bits per heavy atom. The number of piperidine rings is 2. The molecule has 4 aliphatic carbocycles. The van der Waals surface area contributed by atoms with Crippen molar-refractivity contribution in [1.29, 1.82) is 0 Å². The molecule has 0 radical (unpaired) electrons. The molecule has 3 saturated heterocycles. The van der Waals surface area contributed by atoms with Crippen LogP contribution >= 0.6 is 0 Å². The molecule has 42 heavy (non-hydrogen) atoms. The van der Waals surface area contributed by atoms with Gasteiger partial charge < -0.3 is 40.1 Å². The van der Waals surface area contributed by atoms with Crippen LogP contribution in [0.5, 0.6) is 0 Å². The first-order chi connectivity index (χ1) is 19.6. The molecule has 7 rings (SSSR count). The van der Waals surface area contributed by atoms with Gasteiger partial charge >= 0.3 is 5.97 Å². The fourth-order valence-corrected chi connectivity index (χ4v) is 11.9. The van der Waals surface area contributed by atoms with Crippen LogP contribution in [0.2, 0.25) is 0 Å². The lowest BCUT2D eigenvalue weighted by Gasteiger charge is -2.64. The molecule has 0 amide bonds. The molecule has 3 heterocycles. The van der Waals surface area contributed by atoms with E-state index in [0.717, 1.165) is 19.4 Å². The molecule has 1 spiro atoms. The number of aliphatic hydroxyl groups excluding tert-OH is 3. The summed E-state index contributed by atoms with van der Waals surface area (Å²) in [6.07, 6.45) is -1.43. The molecule has 0 aromatic rings. The lowest BCUT2D eigenvalue weighted by molar-refractivity contribution is -0.297. The van der Waals surface area contributed by atoms with Gasteiger partial charge in [0.1, 0.15) is 23.9 Å². The molecule has 3 aliphatic heterocycles. The van der Waals surface area contributed by atoms with Crippen molar-refractivity contribution in [2.45, 2.75) is 133 Å². The average Bonchev–Trinajstić information content (AvgIpc) is 3.21. The smallest absolute Gasteiger partial charge is 0.309 e. The number of fused-ring (bicyclic) bond motifs is 5. The maximum Gasteiger partial charge on any atom is 0.309 e. The third-order valence-corrected chi connectivity index (χ3v) is 14.1. The highest BCUT2D eigenvalue weighted by Crippen LogP contribution is 2.77. The number of ether oxygens (including phenoxy) is 2. The van der Waals surface area contributed by atoms with Gasteiger partial charge in [0.05, 0.1) is 23.2 Å². The van der Waals surface area contributed by atoms with Gasteiger partial charge in [-0.15, -0.1) is 0 Å². The van der Waals surface area contributed by atoms with Crippen LogP contribution in [0.3, 0.4) is 0 Å². The topological polar surface area (TPSA) is 160 Å². The van der Waals surface area contributed by atoms with E-state index in [4.69, 9.17) is 9.47 Å². The average molecular weight is 594 g/mol. The Morgan fingerprint density at radius 3 is 2.50 bits per heavy atom. The van der Waals surface area contributed by atoms with Crippen LogP contribution in [-0.2, 0) is 14.3 Å². The predicted octanol–water partition coefficient (Wildman–Crippen LogP) is 0.783. The van der Waals surface area contributed by atoms with Crippen molar-refractivity contribution in [2.24, 2.45) is 46.8 Å². The number of rotatable bonds is 3. The van der Waals surface area contributed by atoms with Crippen LogP contribution in [0.4, 0.5) is 0 Å². The molecule has 17 atom stereocenters. The highest BCUT2D eigenvalue weighted by molar-refractivity contribution is 5.72. The van der Waals surface area contributed by atoms with Crippen molar-refractivity contribution in [1.82, 2.24) is 4.90 Å². The zero-order valence-electron chi connectivity index (χ0n) is 25.6. The van der Waals surface area contributed by atoms with Crippen molar-refractivity contribution in [3.8, 4) is 0 Å². The predicted molar refractivity (Wildman–Crippen MR) is 149 cm³/mol. The van der Waals surface area contributed by atoms with E-state index in [1.807, 2.05) is 13.8 Å². The molecule has 0 aromatic carbocycles. The van der Waals surface area contributed by atoms with E-state index < -0.39 is 88.0 Å². The summed E-state index contributed by atoms with van der Waals surface area (Å²) in [6.45, 7) is 11.0. The van der Waals surface area contributed by atoms with Crippen LogP contribution in [-0.4, -0.2) is 108 Å². The van der Waals surface area contributed by atoms with Crippen molar-refractivity contribution >= 4 is 5.97 Å². The van der Waals surface area contributed by atoms with Gasteiger partial charge in [0.2, 0.25) is 0 Å². The fourth-order valence-electron chi connectivity index (χ4n) is 11.9. The monoisotopic (exact) mass is 593 g/mol. The third-order valence-electron chi connectivity index (χ3n) is 14.1. The number of carbonyl (C=O) groups is 1. The maximum atomic E-state index is 13.3. The number of esters is 1. The minimum Gasteiger partial charge on any atom is -0.459 e. The largest absolute Gasteiger partial charge is 0.459 e. The van der Waals surface area contributed by atoms with Gasteiger partial charge in [0, 0.05) is 42.3 Å². The zero-order chi connectivity index (χ0) is 30.4. The maximum absolute atomic E-state index is 13.3. The van der Waals surface area contributed by atoms with Crippen LogP contribution in [0.1, 0.15) is 79.6 Å². The standard InChI is InChI=1S/C32H51NO9/c1-6-16(3)27(37)41-24-23-17(14-33-13-15(2)7-8-21(33)29(23,5)38)18-12-30-25(31(18,39)26(24)36)19(34)11-20-28(30,4)10-9-22(35)32(20,40)42-30/h15-26,34-36,38-40H,6-14H2,1-5H3/t15-,16+,17-,18-,19+,20-,21-,22-,23+,24+,25+,26-,28-,29+,30+,31-,32-/m0/s1. The first kappa shape index (κ1) is 29.8. The summed E-state index contributed by atoms with van der Waals surface area (Å²) < 4.78 is 12.8. The second kappa shape index (κ2) is 9.12. The van der Waals surface area contributed by atoms with E-state index in [2.05, 4.69) is 11.8 Å². The van der Waals surface area contributed by atoms with Gasteiger partial charge in [-0.25, -0.2) is 0 Å². The Hall–Kier alpha value is -0.850. The highest BCUT2D eigenvalue weighted by Gasteiger charge is 2.86. The summed E-state index contributed by atoms with van der Waals surface area (Å²) in [4.78, 5) is 15.6. The number of hydrogen-bond donors (Lipinski definition) is 6. The molecule has 10 nitrogen and oxygen atoms in total. The summed E-state index contributed by atoms with van der Waals surface area (Å²) in [5.41, 5.74) is -5.09. The van der Waals surface area contributed by atoms with Crippen molar-refractivity contribution in [3.05, 3.63) is 0 Å². The van der Waals surface area contributed by atoms with E-state index in [-0.39, 0.29) is 24.8 Å². The normalized spacial score (nSPS) is 60.6. The SMILES string of the molecule is CC[C@@H](C)C(=O)O[C@@H]1[C@H]2[C@@H](CN3C[C@@H](C)CC[C@H]3[C@@]2(C)O)[C@@H]2C[C@@]34O[C@@]5(O)[C@@H](C[C@@H](O)[C@H]3[C@]2(O)[C@H]1O)[C@]4(C)CC[C@@H]5O. The number of carbonyl (C=O) groups excluding carboxylic acids is 1.